The van der Waals surface area contributed by atoms with Gasteiger partial charge in [-0.05, 0) is 209 Å². The van der Waals surface area contributed by atoms with Gasteiger partial charge in [-0.15, -0.1) is 0 Å². The van der Waals surface area contributed by atoms with Crippen LogP contribution in [0, 0.1) is 41.5 Å². The van der Waals surface area contributed by atoms with Crippen LogP contribution in [0.3, 0.4) is 0 Å². The van der Waals surface area contributed by atoms with E-state index in [9.17, 15) is 0 Å². The van der Waals surface area contributed by atoms with Gasteiger partial charge in [-0.3, -0.25) is 0 Å². The highest BCUT2D eigenvalue weighted by Crippen LogP contribution is 2.52. The number of nitrogens with zero attached hydrogens (tertiary/aromatic N) is 1. The van der Waals surface area contributed by atoms with E-state index in [1.54, 1.807) is 0 Å². The van der Waals surface area contributed by atoms with E-state index in [1.165, 1.54) is 134 Å². The summed E-state index contributed by atoms with van der Waals surface area (Å²) in [6.07, 6.45) is 10.5. The van der Waals surface area contributed by atoms with Gasteiger partial charge in [0.1, 0.15) is 0 Å². The molecule has 1 heterocycles. The summed E-state index contributed by atoms with van der Waals surface area (Å²) in [4.78, 5) is 0. The molecule has 7 aromatic carbocycles. The van der Waals surface area contributed by atoms with Gasteiger partial charge >= 0.3 is 0 Å². The van der Waals surface area contributed by atoms with Crippen molar-refractivity contribution in [2.24, 2.45) is 0 Å². The second-order valence-corrected chi connectivity index (χ2v) is 19.1. The summed E-state index contributed by atoms with van der Waals surface area (Å²) in [5, 5.41) is 0. The van der Waals surface area contributed by atoms with Gasteiger partial charge < -0.3 is 4.57 Å². The van der Waals surface area contributed by atoms with Crippen molar-refractivity contribution in [1.82, 2.24) is 4.57 Å². The van der Waals surface area contributed by atoms with Crippen molar-refractivity contribution in [3.63, 3.8) is 0 Å². The molecule has 0 bridgehead atoms. The smallest absolute Gasteiger partial charge is 0.0566 e. The van der Waals surface area contributed by atoms with Crippen molar-refractivity contribution in [3.05, 3.63) is 225 Å². The summed E-state index contributed by atoms with van der Waals surface area (Å²) in [6.45, 7) is 20.9. The molecule has 0 N–H and O–H groups in total. The van der Waals surface area contributed by atoms with Gasteiger partial charge in [0.05, 0.1) is 5.69 Å². The Morgan fingerprint density at radius 1 is 0.523 bits per heavy atom. The Morgan fingerprint density at radius 3 is 1.82 bits per heavy atom. The van der Waals surface area contributed by atoms with Gasteiger partial charge in [-0.25, -0.2) is 0 Å². The summed E-state index contributed by atoms with van der Waals surface area (Å²) < 4.78 is 2.47. The van der Waals surface area contributed by atoms with E-state index in [2.05, 4.69) is 225 Å². The minimum absolute atomic E-state index is 0.252. The molecule has 1 aromatic heterocycles. The number of rotatable bonds is 9. The molecule has 0 fully saturated rings. The molecule has 65 heavy (non-hydrogen) atoms. The van der Waals surface area contributed by atoms with Crippen molar-refractivity contribution in [2.75, 3.05) is 0 Å². The van der Waals surface area contributed by atoms with Crippen LogP contribution in [0.5, 0.6) is 0 Å². The normalized spacial score (nSPS) is 14.8. The molecule has 8 aromatic rings. The third-order valence-electron chi connectivity index (χ3n) is 15.0. The molecule has 0 saturated heterocycles. The fourth-order valence-electron chi connectivity index (χ4n) is 11.3. The highest BCUT2D eigenvalue weighted by atomic mass is 15.0. The molecular weight excluding hydrogens is 783 g/mol. The number of aryl methyl sites for hydroxylation is 4. The molecule has 1 nitrogen and oxygen atoms in total. The Hall–Kier alpha value is -6.70. The Kier molecular flexibility index (Phi) is 11.1. The lowest BCUT2D eigenvalue weighted by atomic mass is 9.74. The number of fused-ring (bicyclic) bond motifs is 3. The van der Waals surface area contributed by atoms with Crippen LogP contribution in [0.25, 0.3) is 67.0 Å². The van der Waals surface area contributed by atoms with Crippen molar-refractivity contribution < 1.29 is 0 Å². The highest BCUT2D eigenvalue weighted by Gasteiger charge is 2.30. The van der Waals surface area contributed by atoms with Gasteiger partial charge in [0.2, 0.25) is 0 Å². The molecule has 2 aliphatic rings. The Bertz CT molecular complexity index is 3230. The number of hydrogen-bond donors (Lipinski definition) is 0. The Labute approximate surface area is 387 Å². The second kappa shape index (κ2) is 17.0. The first kappa shape index (κ1) is 42.3. The molecule has 1 heteroatoms. The second-order valence-electron chi connectivity index (χ2n) is 19.1. The zero-order valence-electron chi connectivity index (χ0n) is 39.7. The first-order chi connectivity index (χ1) is 31.5. The molecule has 10 rings (SSSR count). The monoisotopic (exact) mass is 843 g/mol. The van der Waals surface area contributed by atoms with Gasteiger partial charge in [0.25, 0.3) is 0 Å². The molecular formula is C64H61N. The third kappa shape index (κ3) is 7.27. The predicted molar refractivity (Wildman–Crippen MR) is 278 cm³/mol. The maximum absolute atomic E-state index is 2.61. The lowest BCUT2D eigenvalue weighted by Crippen LogP contribution is -2.10. The summed E-state index contributed by atoms with van der Waals surface area (Å²) in [6, 6.07) is 52.6. The number of hydrogen-bond acceptors (Lipinski definition) is 0. The van der Waals surface area contributed by atoms with Crippen molar-refractivity contribution in [1.29, 1.82) is 0 Å². The quantitative estimate of drug-likeness (QED) is 0.136. The van der Waals surface area contributed by atoms with Crippen LogP contribution in [-0.2, 0) is 6.42 Å². The first-order valence-electron chi connectivity index (χ1n) is 23.8. The molecule has 0 radical (unpaired) electrons. The molecule has 0 saturated carbocycles. The highest BCUT2D eigenvalue weighted by molar-refractivity contribution is 6.02. The largest absolute Gasteiger partial charge is 0.316 e. The van der Waals surface area contributed by atoms with E-state index in [1.807, 2.05) is 0 Å². The maximum Gasteiger partial charge on any atom is 0.0566 e. The van der Waals surface area contributed by atoms with E-state index in [0.717, 1.165) is 19.3 Å². The molecule has 322 valence electrons. The van der Waals surface area contributed by atoms with E-state index >= 15 is 0 Å². The zero-order valence-corrected chi connectivity index (χ0v) is 39.7. The van der Waals surface area contributed by atoms with Crippen molar-refractivity contribution in [3.8, 4) is 61.5 Å². The molecule has 0 aliphatic heterocycles. The summed E-state index contributed by atoms with van der Waals surface area (Å²) in [5.41, 5.74) is 31.9. The Balaban J connectivity index is 1.19. The van der Waals surface area contributed by atoms with Crippen LogP contribution in [0.2, 0.25) is 0 Å². The molecule has 2 unspecified atom stereocenters. The zero-order chi connectivity index (χ0) is 45.1. The average molecular weight is 844 g/mol. The predicted octanol–water partition coefficient (Wildman–Crippen LogP) is 17.6. The standard InChI is InChI=1S/C64H61N/c1-10-39(2)52-22-17-18-26-58(52)53-31-29-47(35-44(53)7)48-28-27-42(5)59(38-48)62-45(8)61(55-24-15-12-20-41(55)4)63(46(9)60(62)54-23-14-11-19-40(54)3)64-43(6)33-34-65(64)51-30-32-57-50(37-51)36-49-21-13-16-25-56(49)57/h11-27,29-35,37-39,48H,10,28,36H2,1-9H3. The number of allylic oxidation sites excluding steroid dienone is 4. The minimum Gasteiger partial charge on any atom is -0.316 e. The van der Waals surface area contributed by atoms with Crippen LogP contribution in [0.15, 0.2) is 163 Å². The fourth-order valence-corrected chi connectivity index (χ4v) is 11.3. The van der Waals surface area contributed by atoms with E-state index in [0.29, 0.717) is 5.92 Å². The molecule has 0 amide bonds. The van der Waals surface area contributed by atoms with Crippen LogP contribution < -0.4 is 0 Å². The van der Waals surface area contributed by atoms with Crippen LogP contribution >= 0.6 is 0 Å². The topological polar surface area (TPSA) is 4.93 Å². The minimum atomic E-state index is 0.252. The SMILES string of the molecule is CCC(C)c1ccccc1-c1ccc(C2C=C(c3c(C)c(-c4ccccc4C)c(-c4c(C)ccn4-c4ccc5c(c4)Cc4ccccc4-5)c(C)c3-c3ccccc3C)C(C)=CC2)cc1C. The molecule has 0 spiro atoms. The third-order valence-corrected chi connectivity index (χ3v) is 15.0. The van der Waals surface area contributed by atoms with Crippen LogP contribution in [-0.4, -0.2) is 4.57 Å². The summed E-state index contributed by atoms with van der Waals surface area (Å²) in [7, 11) is 0. The van der Waals surface area contributed by atoms with E-state index < -0.39 is 0 Å². The van der Waals surface area contributed by atoms with Gasteiger partial charge in [0, 0.05) is 23.4 Å². The van der Waals surface area contributed by atoms with Crippen molar-refractivity contribution >= 4 is 5.57 Å². The van der Waals surface area contributed by atoms with Crippen LogP contribution in [0.4, 0.5) is 0 Å². The lowest BCUT2D eigenvalue weighted by molar-refractivity contribution is 0.735. The fraction of sp³-hybridized carbons (Fsp3) is 0.219. The van der Waals surface area contributed by atoms with Crippen LogP contribution in [0.1, 0.15) is 107 Å². The average Bonchev–Trinajstić information content (AvgIpc) is 3.89. The first-order valence-corrected chi connectivity index (χ1v) is 23.8. The summed E-state index contributed by atoms with van der Waals surface area (Å²) >= 11 is 0. The van der Waals surface area contributed by atoms with Crippen molar-refractivity contribution in [2.45, 2.75) is 93.4 Å². The number of aromatic nitrogens is 1. The van der Waals surface area contributed by atoms with Gasteiger partial charge in [-0.1, -0.05) is 147 Å². The van der Waals surface area contributed by atoms with Gasteiger partial charge in [0.15, 0.2) is 0 Å². The summed E-state index contributed by atoms with van der Waals surface area (Å²) in [5.74, 6) is 0.765. The Morgan fingerprint density at radius 2 is 1.12 bits per heavy atom. The van der Waals surface area contributed by atoms with E-state index in [4.69, 9.17) is 0 Å². The molecule has 2 aliphatic carbocycles. The van der Waals surface area contributed by atoms with Gasteiger partial charge in [-0.2, -0.15) is 0 Å². The van der Waals surface area contributed by atoms with E-state index in [-0.39, 0.29) is 5.92 Å². The molecule has 2 atom stereocenters. The maximum atomic E-state index is 2.61. The number of benzene rings is 7. The lowest BCUT2D eigenvalue weighted by Gasteiger charge is -2.30.